The Bertz CT molecular complexity index is 126. The molecule has 0 unspecified atom stereocenters. The molecule has 0 fully saturated rings. The molecule has 1 N–H and O–H groups in total. The molecule has 0 amide bonds. The average Bonchev–Trinajstić information content (AvgIpc) is 2.19. The maximum Gasteiger partial charge on any atom is 0.137 e. The van der Waals surface area contributed by atoms with E-state index in [2.05, 4.69) is 15.3 Å². The van der Waals surface area contributed by atoms with Gasteiger partial charge in [-0.15, -0.1) is 0 Å². The predicted octanol–water partition coefficient (Wildman–Crippen LogP) is -0.311. The van der Waals surface area contributed by atoms with Crippen molar-refractivity contribution in [2.75, 3.05) is 20.1 Å². The minimum atomic E-state index is 0.761. The van der Waals surface area contributed by atoms with Crippen molar-refractivity contribution in [1.82, 2.24) is 5.32 Å². The number of nitrogens with zero attached hydrogens (tertiary/aromatic N) is 2. The lowest BCUT2D eigenvalue weighted by Crippen LogP contribution is -2.15. The van der Waals surface area contributed by atoms with Gasteiger partial charge in [-0.3, -0.25) is 4.99 Å². The second-order valence-corrected chi connectivity index (χ2v) is 1.60. The van der Waals surface area contributed by atoms with Crippen molar-refractivity contribution in [1.29, 1.82) is 0 Å². The molecule has 1 aliphatic rings. The summed E-state index contributed by atoms with van der Waals surface area (Å²) in [6.45, 7) is 1.55. The zero-order valence-corrected chi connectivity index (χ0v) is 4.89. The molecule has 1 heterocycles. The molecule has 1 rings (SSSR count). The highest BCUT2D eigenvalue weighted by Crippen LogP contribution is 1.85. The Hall–Kier alpha value is -0.700. The van der Waals surface area contributed by atoms with Crippen LogP contribution in [0.4, 0.5) is 0 Å². The lowest BCUT2D eigenvalue weighted by Gasteiger charge is -1.90. The summed E-state index contributed by atoms with van der Waals surface area (Å²) in [5.41, 5.74) is 0. The number of hydrogen-bond acceptors (Lipinski definition) is 3. The number of hydrogen-bond donors (Lipinski definition) is 1. The first-order chi connectivity index (χ1) is 3.93. The van der Waals surface area contributed by atoms with Gasteiger partial charge in [-0.25, -0.2) is 4.99 Å². The van der Waals surface area contributed by atoms with Crippen LogP contribution in [0.25, 0.3) is 0 Å². The third kappa shape index (κ3) is 1.13. The van der Waals surface area contributed by atoms with Crippen molar-refractivity contribution in [3.8, 4) is 0 Å². The van der Waals surface area contributed by atoms with E-state index in [0.717, 1.165) is 18.9 Å². The van der Waals surface area contributed by atoms with E-state index in [0.29, 0.717) is 0 Å². The third-order valence-electron chi connectivity index (χ3n) is 0.931. The predicted molar refractivity (Wildman–Crippen MR) is 34.7 cm³/mol. The Labute approximate surface area is 48.5 Å². The molecule has 3 heteroatoms. The molecule has 0 saturated carbocycles. The Morgan fingerprint density at radius 1 is 1.88 bits per heavy atom. The van der Waals surface area contributed by atoms with Gasteiger partial charge in [-0.2, -0.15) is 0 Å². The molecule has 0 radical (unpaired) electrons. The van der Waals surface area contributed by atoms with Crippen LogP contribution in [0.3, 0.4) is 0 Å². The van der Waals surface area contributed by atoms with E-state index in [9.17, 15) is 0 Å². The van der Waals surface area contributed by atoms with Gasteiger partial charge in [0.15, 0.2) is 0 Å². The molecule has 1 aliphatic heterocycles. The van der Waals surface area contributed by atoms with Gasteiger partial charge in [0, 0.05) is 6.21 Å². The molecule has 44 valence electrons. The van der Waals surface area contributed by atoms with Crippen LogP contribution >= 0.6 is 0 Å². The third-order valence-corrected chi connectivity index (χ3v) is 0.931. The van der Waals surface area contributed by atoms with Crippen molar-refractivity contribution in [3.63, 3.8) is 0 Å². The molecule has 0 saturated heterocycles. The molecule has 0 bridgehead atoms. The van der Waals surface area contributed by atoms with Crippen LogP contribution in [-0.2, 0) is 0 Å². The van der Waals surface area contributed by atoms with Crippen molar-refractivity contribution in [3.05, 3.63) is 0 Å². The van der Waals surface area contributed by atoms with E-state index in [1.807, 2.05) is 13.3 Å². The van der Waals surface area contributed by atoms with E-state index in [1.165, 1.54) is 0 Å². The fraction of sp³-hybridized carbons (Fsp3) is 0.600. The highest BCUT2D eigenvalue weighted by Gasteiger charge is 1.95. The Balaban J connectivity index is 2.34. The summed E-state index contributed by atoms with van der Waals surface area (Å²) < 4.78 is 0. The Morgan fingerprint density at radius 2 is 2.75 bits per heavy atom. The van der Waals surface area contributed by atoms with E-state index in [4.69, 9.17) is 0 Å². The lowest BCUT2D eigenvalue weighted by atomic mass is 10.6. The van der Waals surface area contributed by atoms with Gasteiger partial charge >= 0.3 is 0 Å². The first kappa shape index (κ1) is 5.44. The van der Waals surface area contributed by atoms with Crippen LogP contribution in [0, 0.1) is 0 Å². The summed E-state index contributed by atoms with van der Waals surface area (Å²) in [5.74, 6) is 0.910. The summed E-state index contributed by atoms with van der Waals surface area (Å²) >= 11 is 0. The first-order valence-corrected chi connectivity index (χ1v) is 2.64. The average molecular weight is 111 g/mol. The zero-order chi connectivity index (χ0) is 5.82. The first-order valence-electron chi connectivity index (χ1n) is 2.64. The fourth-order valence-electron chi connectivity index (χ4n) is 0.593. The van der Waals surface area contributed by atoms with E-state index < -0.39 is 0 Å². The summed E-state index contributed by atoms with van der Waals surface area (Å²) in [5, 5.41) is 2.97. The number of nitrogens with one attached hydrogen (secondary N) is 1. The molecule has 0 aromatic rings. The molecule has 0 aromatic heterocycles. The summed E-state index contributed by atoms with van der Waals surface area (Å²) in [4.78, 5) is 8.05. The van der Waals surface area contributed by atoms with E-state index >= 15 is 0 Å². The topological polar surface area (TPSA) is 36.8 Å². The van der Waals surface area contributed by atoms with Gasteiger partial charge in [0.2, 0.25) is 0 Å². The van der Waals surface area contributed by atoms with Crippen molar-refractivity contribution in [2.45, 2.75) is 0 Å². The van der Waals surface area contributed by atoms with E-state index in [1.54, 1.807) is 0 Å². The normalized spacial score (nSPS) is 16.9. The molecule has 3 nitrogen and oxygen atoms in total. The molecule has 0 aromatic carbocycles. The lowest BCUT2D eigenvalue weighted by molar-refractivity contribution is 0.940. The maximum atomic E-state index is 4.06. The van der Waals surface area contributed by atoms with Gasteiger partial charge in [0.25, 0.3) is 0 Å². The summed E-state index contributed by atoms with van der Waals surface area (Å²) in [6.07, 6.45) is 1.81. The Morgan fingerprint density at radius 3 is 3.25 bits per heavy atom. The van der Waals surface area contributed by atoms with Crippen LogP contribution in [0.15, 0.2) is 9.98 Å². The second-order valence-electron chi connectivity index (χ2n) is 1.60. The number of amidine groups is 1. The zero-order valence-electron chi connectivity index (χ0n) is 4.89. The fourth-order valence-corrected chi connectivity index (χ4v) is 0.593. The highest BCUT2D eigenvalue weighted by atomic mass is 15.0. The van der Waals surface area contributed by atoms with Crippen LogP contribution in [0.5, 0.6) is 0 Å². The molecular weight excluding hydrogens is 102 g/mol. The van der Waals surface area contributed by atoms with Gasteiger partial charge in [0.1, 0.15) is 5.84 Å². The number of rotatable bonds is 2. The second kappa shape index (κ2) is 2.57. The van der Waals surface area contributed by atoms with Crippen LogP contribution in [0.2, 0.25) is 0 Å². The number of likely N-dealkylation sites (N-methyl/N-ethyl adjacent to an activating group) is 1. The minimum absolute atomic E-state index is 0.761. The molecular formula is C5H9N3. The van der Waals surface area contributed by atoms with Crippen LogP contribution in [0.1, 0.15) is 0 Å². The van der Waals surface area contributed by atoms with Gasteiger partial charge < -0.3 is 5.32 Å². The monoisotopic (exact) mass is 111 g/mol. The minimum Gasteiger partial charge on any atom is -0.313 e. The molecule has 0 aliphatic carbocycles. The van der Waals surface area contributed by atoms with E-state index in [-0.39, 0.29) is 0 Å². The maximum absolute atomic E-state index is 4.06. The largest absolute Gasteiger partial charge is 0.313 e. The standard InChI is InChI=1S/C5H9N3/c1-6-4-5-7-2-3-8-5/h2,6H,3-4H2,1H3. The van der Waals surface area contributed by atoms with Crippen LogP contribution in [-0.4, -0.2) is 32.2 Å². The van der Waals surface area contributed by atoms with Gasteiger partial charge in [-0.1, -0.05) is 0 Å². The molecule has 0 atom stereocenters. The van der Waals surface area contributed by atoms with Gasteiger partial charge in [0.05, 0.1) is 13.1 Å². The van der Waals surface area contributed by atoms with Crippen molar-refractivity contribution in [2.24, 2.45) is 9.98 Å². The quantitative estimate of drug-likeness (QED) is 0.521. The molecule has 0 spiro atoms. The SMILES string of the molecule is CNCC1=NCC=N1. The highest BCUT2D eigenvalue weighted by molar-refractivity contribution is 5.95. The molecule has 8 heavy (non-hydrogen) atoms. The van der Waals surface area contributed by atoms with Crippen molar-refractivity contribution >= 4 is 12.1 Å². The Kier molecular flexibility index (Phi) is 1.75. The van der Waals surface area contributed by atoms with Crippen LogP contribution < -0.4 is 5.32 Å². The summed E-state index contributed by atoms with van der Waals surface area (Å²) in [7, 11) is 1.89. The van der Waals surface area contributed by atoms with Gasteiger partial charge in [-0.05, 0) is 7.05 Å². The summed E-state index contributed by atoms with van der Waals surface area (Å²) in [6, 6.07) is 0. The number of aliphatic imine (C=N–C) groups is 2. The van der Waals surface area contributed by atoms with Crippen molar-refractivity contribution < 1.29 is 0 Å². The smallest absolute Gasteiger partial charge is 0.137 e.